The van der Waals surface area contributed by atoms with Crippen molar-refractivity contribution < 1.29 is 14.0 Å². The molecule has 1 N–H and O–H groups in total. The van der Waals surface area contributed by atoms with Gasteiger partial charge in [-0.1, -0.05) is 15.9 Å². The summed E-state index contributed by atoms with van der Waals surface area (Å²) in [5.41, 5.74) is 0.0290. The Morgan fingerprint density at radius 1 is 1.33 bits per heavy atom. The molecule has 1 aromatic carbocycles. The van der Waals surface area contributed by atoms with E-state index >= 15 is 0 Å². The summed E-state index contributed by atoms with van der Waals surface area (Å²) >= 11 is 3.21. The van der Waals surface area contributed by atoms with Crippen LogP contribution in [0.25, 0.3) is 0 Å². The van der Waals surface area contributed by atoms with Crippen LogP contribution in [0, 0.1) is 5.82 Å². The van der Waals surface area contributed by atoms with Crippen molar-refractivity contribution in [2.75, 3.05) is 0 Å². The topological polar surface area (TPSA) is 46.2 Å². The van der Waals surface area contributed by atoms with E-state index in [1.54, 1.807) is 6.07 Å². The molecule has 0 bridgehead atoms. The highest BCUT2D eigenvalue weighted by Gasteiger charge is 2.22. The Kier molecular flexibility index (Phi) is 4.11. The van der Waals surface area contributed by atoms with Crippen LogP contribution in [0.4, 0.5) is 4.39 Å². The van der Waals surface area contributed by atoms with Crippen LogP contribution in [0.2, 0.25) is 0 Å². The first kappa shape index (κ1) is 13.2. The maximum Gasteiger partial charge on any atom is 0.254 e. The number of halogens is 2. The maximum atomic E-state index is 13.5. The third-order valence-electron chi connectivity index (χ3n) is 3.05. The average Bonchev–Trinajstić information content (AvgIpc) is 2.35. The molecule has 96 valence electrons. The molecule has 0 aromatic heterocycles. The quantitative estimate of drug-likeness (QED) is 0.912. The Bertz CT molecular complexity index is 480. The van der Waals surface area contributed by atoms with E-state index < -0.39 is 11.7 Å². The fraction of sp³-hybridized carbons (Fsp3) is 0.385. The van der Waals surface area contributed by atoms with Crippen molar-refractivity contribution in [3.05, 3.63) is 34.1 Å². The smallest absolute Gasteiger partial charge is 0.254 e. The van der Waals surface area contributed by atoms with Gasteiger partial charge in [-0.15, -0.1) is 0 Å². The first-order valence-corrected chi connectivity index (χ1v) is 6.63. The molecule has 0 spiro atoms. The lowest BCUT2D eigenvalue weighted by atomic mass is 9.94. The zero-order chi connectivity index (χ0) is 13.1. The van der Waals surface area contributed by atoms with Crippen molar-refractivity contribution in [2.45, 2.75) is 31.7 Å². The molecule has 0 saturated heterocycles. The van der Waals surface area contributed by atoms with Gasteiger partial charge in [0, 0.05) is 23.4 Å². The van der Waals surface area contributed by atoms with Crippen LogP contribution in [-0.2, 0) is 4.79 Å². The summed E-state index contributed by atoms with van der Waals surface area (Å²) in [6.07, 6.45) is 2.26. The summed E-state index contributed by atoms with van der Waals surface area (Å²) in [5.74, 6) is -0.732. The molecule has 1 aliphatic carbocycles. The number of hydrogen-bond donors (Lipinski definition) is 1. The molecular weight excluding hydrogens is 301 g/mol. The first-order valence-electron chi connectivity index (χ1n) is 5.84. The van der Waals surface area contributed by atoms with Crippen molar-refractivity contribution >= 4 is 27.6 Å². The highest BCUT2D eigenvalue weighted by Crippen LogP contribution is 2.18. The average molecular weight is 314 g/mol. The van der Waals surface area contributed by atoms with Crippen molar-refractivity contribution in [2.24, 2.45) is 0 Å². The SMILES string of the molecule is O=C1CCC(NC(=O)c2cc(Br)ccc2F)CC1. The summed E-state index contributed by atoms with van der Waals surface area (Å²) in [6.45, 7) is 0. The van der Waals surface area contributed by atoms with Crippen molar-refractivity contribution in [1.29, 1.82) is 0 Å². The van der Waals surface area contributed by atoms with Crippen LogP contribution in [0.3, 0.4) is 0 Å². The van der Waals surface area contributed by atoms with Crippen LogP contribution < -0.4 is 5.32 Å². The van der Waals surface area contributed by atoms with E-state index in [9.17, 15) is 14.0 Å². The second-order valence-corrected chi connectivity index (χ2v) is 5.33. The zero-order valence-corrected chi connectivity index (χ0v) is 11.3. The van der Waals surface area contributed by atoms with Crippen LogP contribution in [0.15, 0.2) is 22.7 Å². The highest BCUT2D eigenvalue weighted by atomic mass is 79.9. The molecule has 5 heteroatoms. The van der Waals surface area contributed by atoms with E-state index in [-0.39, 0.29) is 17.4 Å². The fourth-order valence-electron chi connectivity index (χ4n) is 2.02. The van der Waals surface area contributed by atoms with Crippen LogP contribution in [-0.4, -0.2) is 17.7 Å². The third-order valence-corrected chi connectivity index (χ3v) is 3.54. The lowest BCUT2D eigenvalue weighted by molar-refractivity contribution is -0.120. The van der Waals surface area contributed by atoms with Gasteiger partial charge in [0.15, 0.2) is 0 Å². The number of benzene rings is 1. The number of carbonyl (C=O) groups is 2. The van der Waals surface area contributed by atoms with E-state index in [0.717, 1.165) is 0 Å². The predicted octanol–water partition coefficient (Wildman–Crippen LogP) is 2.83. The van der Waals surface area contributed by atoms with E-state index in [0.29, 0.717) is 30.2 Å². The van der Waals surface area contributed by atoms with E-state index in [1.807, 2.05) is 0 Å². The van der Waals surface area contributed by atoms with Crippen molar-refractivity contribution in [3.8, 4) is 0 Å². The Hall–Kier alpha value is -1.23. The van der Waals surface area contributed by atoms with Gasteiger partial charge in [-0.2, -0.15) is 0 Å². The number of Topliss-reactive ketones (excluding diaryl/α,β-unsaturated/α-hetero) is 1. The van der Waals surface area contributed by atoms with Gasteiger partial charge in [-0.3, -0.25) is 9.59 Å². The minimum absolute atomic E-state index is 0.0290. The van der Waals surface area contributed by atoms with Gasteiger partial charge in [-0.25, -0.2) is 4.39 Å². The standard InChI is InChI=1S/C13H13BrFNO2/c14-8-1-6-12(15)11(7-8)13(18)16-9-2-4-10(17)5-3-9/h1,6-7,9H,2-5H2,(H,16,18). The molecule has 1 aliphatic rings. The largest absolute Gasteiger partial charge is 0.349 e. The van der Waals surface area contributed by atoms with Crippen LogP contribution >= 0.6 is 15.9 Å². The molecule has 0 atom stereocenters. The molecular formula is C13H13BrFNO2. The number of nitrogens with one attached hydrogen (secondary N) is 1. The van der Waals surface area contributed by atoms with Crippen LogP contribution in [0.5, 0.6) is 0 Å². The maximum absolute atomic E-state index is 13.5. The minimum atomic E-state index is -0.539. The van der Waals surface area contributed by atoms with Gasteiger partial charge in [0.1, 0.15) is 11.6 Å². The summed E-state index contributed by atoms with van der Waals surface area (Å²) in [7, 11) is 0. The van der Waals surface area contributed by atoms with Crippen molar-refractivity contribution in [3.63, 3.8) is 0 Å². The second kappa shape index (κ2) is 5.61. The molecule has 0 radical (unpaired) electrons. The first-order chi connectivity index (χ1) is 8.56. The molecule has 0 heterocycles. The Morgan fingerprint density at radius 2 is 2.00 bits per heavy atom. The number of hydrogen-bond acceptors (Lipinski definition) is 2. The fourth-order valence-corrected chi connectivity index (χ4v) is 2.38. The molecule has 1 amide bonds. The molecule has 1 aromatic rings. The predicted molar refractivity (Wildman–Crippen MR) is 68.8 cm³/mol. The summed E-state index contributed by atoms with van der Waals surface area (Å²) < 4.78 is 14.2. The summed E-state index contributed by atoms with van der Waals surface area (Å²) in [6, 6.07) is 4.22. The molecule has 1 saturated carbocycles. The van der Waals surface area contributed by atoms with Gasteiger partial charge < -0.3 is 5.32 Å². The molecule has 0 aliphatic heterocycles. The molecule has 18 heavy (non-hydrogen) atoms. The number of carbonyl (C=O) groups excluding carboxylic acids is 2. The van der Waals surface area contributed by atoms with Crippen LogP contribution in [0.1, 0.15) is 36.0 Å². The van der Waals surface area contributed by atoms with Gasteiger partial charge in [0.05, 0.1) is 5.56 Å². The summed E-state index contributed by atoms with van der Waals surface area (Å²) in [4.78, 5) is 23.0. The molecule has 0 unspecified atom stereocenters. The Morgan fingerprint density at radius 3 is 2.67 bits per heavy atom. The summed E-state index contributed by atoms with van der Waals surface area (Å²) in [5, 5.41) is 2.77. The molecule has 1 fully saturated rings. The highest BCUT2D eigenvalue weighted by molar-refractivity contribution is 9.10. The second-order valence-electron chi connectivity index (χ2n) is 4.41. The van der Waals surface area contributed by atoms with E-state index in [4.69, 9.17) is 0 Å². The van der Waals surface area contributed by atoms with Crippen molar-refractivity contribution in [1.82, 2.24) is 5.32 Å². The van der Waals surface area contributed by atoms with E-state index in [2.05, 4.69) is 21.2 Å². The Balaban J connectivity index is 2.03. The Labute approximate surface area is 113 Å². The lowest BCUT2D eigenvalue weighted by Gasteiger charge is -2.22. The zero-order valence-electron chi connectivity index (χ0n) is 9.71. The van der Waals surface area contributed by atoms with Gasteiger partial charge in [0.2, 0.25) is 0 Å². The number of ketones is 1. The molecule has 3 nitrogen and oxygen atoms in total. The minimum Gasteiger partial charge on any atom is -0.349 e. The van der Waals surface area contributed by atoms with E-state index in [1.165, 1.54) is 12.1 Å². The van der Waals surface area contributed by atoms with Gasteiger partial charge in [0.25, 0.3) is 5.91 Å². The van der Waals surface area contributed by atoms with Gasteiger partial charge >= 0.3 is 0 Å². The lowest BCUT2D eigenvalue weighted by Crippen LogP contribution is -2.38. The number of amides is 1. The molecule has 2 rings (SSSR count). The third kappa shape index (κ3) is 3.16. The number of rotatable bonds is 2. The normalized spacial score (nSPS) is 16.7. The monoisotopic (exact) mass is 313 g/mol. The van der Waals surface area contributed by atoms with Gasteiger partial charge in [-0.05, 0) is 31.0 Å².